The predicted octanol–water partition coefficient (Wildman–Crippen LogP) is -10.3. The van der Waals surface area contributed by atoms with Crippen molar-refractivity contribution in [2.75, 3.05) is 24.3 Å². The van der Waals surface area contributed by atoms with Crippen molar-refractivity contribution in [3.05, 3.63) is 120 Å². The zero-order valence-electron chi connectivity index (χ0n) is 39.4. The molecule has 68 heavy (non-hydrogen) atoms. The molecule has 2 aliphatic rings. The number of benzene rings is 4. The summed E-state index contributed by atoms with van der Waals surface area (Å²) < 4.78 is 9.60. The first-order valence-electron chi connectivity index (χ1n) is 20.8. The number of esters is 2. The van der Waals surface area contributed by atoms with Gasteiger partial charge in [0.05, 0.1) is 17.8 Å². The topological polar surface area (TPSA) is 309 Å². The number of hydrogen-bond acceptors (Lipinski definition) is 16. The van der Waals surface area contributed by atoms with Crippen molar-refractivity contribution < 1.29 is 162 Å². The second-order valence-corrected chi connectivity index (χ2v) is 15.6. The van der Waals surface area contributed by atoms with Crippen molar-refractivity contribution in [2.45, 2.75) is 52.4 Å². The Balaban J connectivity index is 0.00000108. The summed E-state index contributed by atoms with van der Waals surface area (Å²) in [7, 11) is -3.26. The van der Waals surface area contributed by atoms with Crippen LogP contribution in [0.2, 0.25) is 0 Å². The number of carbonyl (C=O) groups excluding carboxylic acids is 6. The number of amides is 1. The van der Waals surface area contributed by atoms with Crippen molar-refractivity contribution in [3.63, 3.8) is 0 Å². The zero-order valence-corrected chi connectivity index (χ0v) is 45.4. The third-order valence-electron chi connectivity index (χ3n) is 11.1. The van der Waals surface area contributed by atoms with Crippen LogP contribution in [0.5, 0.6) is 0 Å². The predicted molar refractivity (Wildman–Crippen MR) is 234 cm³/mol. The minimum atomic E-state index is -2.14. The molecular formula is C46H53B2N2Na3O15. The molecule has 0 radical (unpaired) electrons. The van der Waals surface area contributed by atoms with E-state index >= 15 is 0 Å². The number of cyclic esters (lactones) is 2. The second-order valence-electron chi connectivity index (χ2n) is 15.6. The van der Waals surface area contributed by atoms with Crippen molar-refractivity contribution in [1.82, 2.24) is 0 Å². The average molecular weight is 965 g/mol. The van der Waals surface area contributed by atoms with Gasteiger partial charge < -0.3 is 70.3 Å². The normalized spacial score (nSPS) is 17.1. The molecule has 2 heterocycles. The smallest absolute Gasteiger partial charge is 0.550 e. The SMILES string of the molecule is C1CCOC1.CC(C(=O)[O-])C(C(=O)[O-])C(C(=O)[O-])C(C(=O)Nc1cccc(B(O)O)c1)C(C)c1ccccc1.CC1C(=O)OC(=O)C1C(C)c1ccccc1.Nc1cccc(B(O)O)c1.[Na+].[Na+].[Na+]. The zero-order chi connectivity index (χ0) is 48.4. The molecule has 6 rings (SSSR count). The minimum Gasteiger partial charge on any atom is -0.550 e. The standard InChI is InChI=1S/C23H26BNO9.C13H14O3.C6H8BNO2.C4H8O.3Na/c1-12(14-7-4-3-5-8-14)17(19(23(31)32)18(22(29)30)13(2)21(27)28)20(26)25-16-10-6-9-15(11-16)24(33)34;1-8(10-6-4-3-5-7-10)11-9(2)12(14)16-13(11)15;8-6-3-1-2-5(4-6)7(9)10;1-2-4-5-3-1;;;/h3-13,17-19,33-34H,1-2H3,(H,25,26)(H,27,28)(H,29,30)(H,31,32);3-9,11H,1-2H3;1-4,9-10H,8H2;1-4H2;;;/q;;;;3*+1/p-3. The Morgan fingerprint density at radius 2 is 1.13 bits per heavy atom. The van der Waals surface area contributed by atoms with Gasteiger partial charge in [-0.15, -0.1) is 0 Å². The molecular weight excluding hydrogens is 911 g/mol. The molecule has 4 aromatic carbocycles. The number of anilines is 2. The summed E-state index contributed by atoms with van der Waals surface area (Å²) in [5.41, 5.74) is 8.00. The Labute approximate surface area is 462 Å². The number of nitrogens with one attached hydrogen (secondary N) is 1. The Bertz CT molecular complexity index is 2200. The van der Waals surface area contributed by atoms with Crippen LogP contribution < -0.4 is 126 Å². The maximum atomic E-state index is 13.4. The number of ether oxygens (including phenoxy) is 2. The summed E-state index contributed by atoms with van der Waals surface area (Å²) in [4.78, 5) is 71.7. The molecule has 0 spiro atoms. The van der Waals surface area contributed by atoms with Gasteiger partial charge in [-0.3, -0.25) is 14.4 Å². The van der Waals surface area contributed by atoms with Crippen LogP contribution in [-0.4, -0.2) is 83.3 Å². The molecule has 4 aromatic rings. The van der Waals surface area contributed by atoms with E-state index in [1.54, 1.807) is 55.5 Å². The number of carboxylic acid groups (broad SMARTS) is 3. The monoisotopic (exact) mass is 964 g/mol. The Morgan fingerprint density at radius 1 is 0.647 bits per heavy atom. The van der Waals surface area contributed by atoms with Crippen molar-refractivity contribution >= 4 is 72.3 Å². The number of nitrogens with two attached hydrogens (primary N) is 1. The molecule has 2 fully saturated rings. The van der Waals surface area contributed by atoms with E-state index in [0.29, 0.717) is 16.7 Å². The third kappa shape index (κ3) is 19.8. The van der Waals surface area contributed by atoms with E-state index in [-0.39, 0.29) is 118 Å². The molecule has 2 saturated heterocycles. The quantitative estimate of drug-likeness (QED) is 0.0296. The van der Waals surface area contributed by atoms with E-state index in [9.17, 15) is 54.1 Å². The van der Waals surface area contributed by atoms with E-state index in [4.69, 9.17) is 20.5 Å². The largest absolute Gasteiger partial charge is 1.00 e. The second kappa shape index (κ2) is 32.5. The fourth-order valence-electron chi connectivity index (χ4n) is 7.43. The van der Waals surface area contributed by atoms with Crippen LogP contribution >= 0.6 is 0 Å². The van der Waals surface area contributed by atoms with Gasteiger partial charge in [0.25, 0.3) is 0 Å². The summed E-state index contributed by atoms with van der Waals surface area (Å²) in [6.07, 6.45) is 2.56. The summed E-state index contributed by atoms with van der Waals surface area (Å²) in [5.74, 6) is -16.7. The van der Waals surface area contributed by atoms with Crippen LogP contribution in [0.4, 0.5) is 11.4 Å². The van der Waals surface area contributed by atoms with Gasteiger partial charge in [-0.2, -0.15) is 0 Å². The van der Waals surface area contributed by atoms with Crippen LogP contribution in [0.3, 0.4) is 0 Å². The number of carbonyl (C=O) groups is 6. The molecule has 0 aliphatic carbocycles. The first kappa shape index (κ1) is 64.6. The van der Waals surface area contributed by atoms with Crippen LogP contribution in [0.1, 0.15) is 63.5 Å². The molecule has 17 nitrogen and oxygen atoms in total. The minimum absolute atomic E-state index is 0. The van der Waals surface area contributed by atoms with E-state index in [2.05, 4.69) is 10.1 Å². The number of hydrogen-bond donors (Lipinski definition) is 6. The Morgan fingerprint density at radius 3 is 1.53 bits per heavy atom. The van der Waals surface area contributed by atoms with E-state index in [0.717, 1.165) is 25.7 Å². The maximum absolute atomic E-state index is 13.4. The van der Waals surface area contributed by atoms with Crippen LogP contribution in [0, 0.1) is 35.5 Å². The first-order chi connectivity index (χ1) is 30.8. The fraction of sp³-hybridized carbons (Fsp3) is 0.348. The van der Waals surface area contributed by atoms with Gasteiger partial charge >= 0.3 is 115 Å². The Kier molecular flexibility index (Phi) is 30.9. The fourth-order valence-corrected chi connectivity index (χ4v) is 7.43. The van der Waals surface area contributed by atoms with Gasteiger partial charge in [0.15, 0.2) is 0 Å². The van der Waals surface area contributed by atoms with Gasteiger partial charge in [-0.25, -0.2) is 0 Å². The van der Waals surface area contributed by atoms with Gasteiger partial charge in [0.1, 0.15) is 0 Å². The molecule has 7 N–H and O–H groups in total. The summed E-state index contributed by atoms with van der Waals surface area (Å²) >= 11 is 0. The maximum Gasteiger partial charge on any atom is 1.00 e. The van der Waals surface area contributed by atoms with E-state index in [1.165, 1.54) is 50.1 Å². The molecule has 8 unspecified atom stereocenters. The molecule has 22 heteroatoms. The molecule has 8 atom stereocenters. The Hall–Kier alpha value is -3.37. The summed E-state index contributed by atoms with van der Waals surface area (Å²) in [5, 5.41) is 74.0. The molecule has 2 aliphatic heterocycles. The van der Waals surface area contributed by atoms with Crippen molar-refractivity contribution in [1.29, 1.82) is 0 Å². The molecule has 0 bridgehead atoms. The first-order valence-corrected chi connectivity index (χ1v) is 20.8. The molecule has 0 saturated carbocycles. The molecule has 346 valence electrons. The average Bonchev–Trinajstić information content (AvgIpc) is 3.95. The van der Waals surface area contributed by atoms with Crippen molar-refractivity contribution in [2.24, 2.45) is 35.5 Å². The van der Waals surface area contributed by atoms with Crippen LogP contribution in [0.15, 0.2) is 109 Å². The van der Waals surface area contributed by atoms with Crippen LogP contribution in [0.25, 0.3) is 0 Å². The number of rotatable bonds is 14. The van der Waals surface area contributed by atoms with E-state index < -0.39 is 79.6 Å². The van der Waals surface area contributed by atoms with E-state index in [1.807, 2.05) is 37.3 Å². The number of nitrogen functional groups attached to an aromatic ring is 1. The summed E-state index contributed by atoms with van der Waals surface area (Å²) in [6.45, 7) is 8.16. The van der Waals surface area contributed by atoms with Crippen LogP contribution in [-0.2, 0) is 38.2 Å². The van der Waals surface area contributed by atoms with Gasteiger partial charge in [0, 0.05) is 60.3 Å². The molecule has 1 amide bonds. The molecule has 0 aromatic heterocycles. The summed E-state index contributed by atoms with van der Waals surface area (Å²) in [6, 6.07) is 29.8. The van der Waals surface area contributed by atoms with Gasteiger partial charge in [0.2, 0.25) is 5.91 Å². The third-order valence-corrected chi connectivity index (χ3v) is 11.1. The number of carboxylic acids is 3. The van der Waals surface area contributed by atoms with Gasteiger partial charge in [-0.1, -0.05) is 113 Å². The van der Waals surface area contributed by atoms with Gasteiger partial charge in [-0.05, 0) is 71.0 Å². The number of aliphatic carboxylic acids is 3. The van der Waals surface area contributed by atoms with Crippen molar-refractivity contribution in [3.8, 4) is 0 Å².